The van der Waals surface area contributed by atoms with Gasteiger partial charge in [-0.1, -0.05) is 23.7 Å². The predicted molar refractivity (Wildman–Crippen MR) is 86.2 cm³/mol. The summed E-state index contributed by atoms with van der Waals surface area (Å²) in [6, 6.07) is 5.15. The minimum absolute atomic E-state index is 0.0666. The Morgan fingerprint density at radius 3 is 2.65 bits per heavy atom. The van der Waals surface area contributed by atoms with E-state index in [9.17, 15) is 14.7 Å². The summed E-state index contributed by atoms with van der Waals surface area (Å²) in [5.41, 5.74) is 0.565. The summed E-state index contributed by atoms with van der Waals surface area (Å²) >= 11 is 5.92. The molecular formula is C16H19ClN2O4. The first-order chi connectivity index (χ1) is 10.7. The van der Waals surface area contributed by atoms with Crippen LogP contribution in [0.5, 0.6) is 0 Å². The number of pyridine rings is 1. The minimum Gasteiger partial charge on any atom is -0.465 e. The Kier molecular flexibility index (Phi) is 4.94. The number of amides is 1. The van der Waals surface area contributed by atoms with Gasteiger partial charge in [0.05, 0.1) is 17.7 Å². The fraction of sp³-hybridized carbons (Fsp3) is 0.438. The van der Waals surface area contributed by atoms with Crippen molar-refractivity contribution in [1.29, 1.82) is 0 Å². The van der Waals surface area contributed by atoms with Gasteiger partial charge in [-0.3, -0.25) is 4.79 Å². The second-order valence-corrected chi connectivity index (χ2v) is 6.72. The van der Waals surface area contributed by atoms with Crippen molar-refractivity contribution in [2.24, 2.45) is 5.41 Å². The molecule has 0 aromatic carbocycles. The van der Waals surface area contributed by atoms with Crippen molar-refractivity contribution in [2.45, 2.75) is 26.9 Å². The second-order valence-electron chi connectivity index (χ2n) is 6.34. The lowest BCUT2D eigenvalue weighted by atomic mass is 9.96. The lowest BCUT2D eigenvalue weighted by Crippen LogP contribution is -2.43. The van der Waals surface area contributed by atoms with Gasteiger partial charge in [0.15, 0.2) is 0 Å². The highest BCUT2D eigenvalue weighted by molar-refractivity contribution is 6.29. The Labute approximate surface area is 139 Å². The number of aromatic nitrogens is 1. The normalized spacial score (nSPS) is 18.3. The van der Waals surface area contributed by atoms with E-state index in [0.29, 0.717) is 16.4 Å². The van der Waals surface area contributed by atoms with Gasteiger partial charge in [-0.15, -0.1) is 0 Å². The van der Waals surface area contributed by atoms with Crippen molar-refractivity contribution in [1.82, 2.24) is 9.88 Å². The molecule has 1 amide bonds. The molecule has 1 aromatic rings. The third-order valence-electron chi connectivity index (χ3n) is 3.41. The highest BCUT2D eigenvalue weighted by Gasteiger charge is 2.33. The summed E-state index contributed by atoms with van der Waals surface area (Å²) in [5.74, 6) is -0.400. The fourth-order valence-electron chi connectivity index (χ4n) is 2.11. The first kappa shape index (κ1) is 17.3. The molecule has 0 fully saturated rings. The summed E-state index contributed by atoms with van der Waals surface area (Å²) in [4.78, 5) is 28.8. The molecule has 0 bridgehead atoms. The van der Waals surface area contributed by atoms with Crippen LogP contribution in [0.15, 0.2) is 24.3 Å². The molecule has 0 aliphatic carbocycles. The first-order valence-corrected chi connectivity index (χ1v) is 7.58. The van der Waals surface area contributed by atoms with Crippen LogP contribution < -0.4 is 0 Å². The number of ether oxygens (including phenoxy) is 1. The van der Waals surface area contributed by atoms with Gasteiger partial charge in [-0.2, -0.15) is 0 Å². The van der Waals surface area contributed by atoms with E-state index in [0.717, 1.165) is 0 Å². The monoisotopic (exact) mass is 338 g/mol. The molecule has 1 atom stereocenters. The molecule has 124 valence electrons. The van der Waals surface area contributed by atoms with E-state index in [1.54, 1.807) is 45.0 Å². The highest BCUT2D eigenvalue weighted by atomic mass is 35.5. The van der Waals surface area contributed by atoms with Crippen LogP contribution in [0.4, 0.5) is 4.79 Å². The molecule has 23 heavy (non-hydrogen) atoms. The van der Waals surface area contributed by atoms with Crippen molar-refractivity contribution in [2.75, 3.05) is 13.1 Å². The molecule has 6 nitrogen and oxygen atoms in total. The van der Waals surface area contributed by atoms with E-state index in [-0.39, 0.29) is 13.1 Å². The van der Waals surface area contributed by atoms with E-state index in [1.165, 1.54) is 4.90 Å². The Balaban J connectivity index is 2.32. The Morgan fingerprint density at radius 2 is 2.09 bits per heavy atom. The third kappa shape index (κ3) is 4.22. The molecule has 2 rings (SSSR count). The summed E-state index contributed by atoms with van der Waals surface area (Å²) in [6.45, 7) is 5.51. The summed E-state index contributed by atoms with van der Waals surface area (Å²) in [5, 5.41) is 9.49. The molecule has 1 aliphatic rings. The van der Waals surface area contributed by atoms with Gasteiger partial charge >= 0.3 is 12.1 Å². The maximum absolute atomic E-state index is 12.2. The van der Waals surface area contributed by atoms with E-state index < -0.39 is 23.6 Å². The number of carbonyl (C=O) groups excluding carboxylic acids is 1. The van der Waals surface area contributed by atoms with Crippen molar-refractivity contribution in [3.63, 3.8) is 0 Å². The molecule has 1 aromatic heterocycles. The first-order valence-electron chi connectivity index (χ1n) is 7.20. The maximum Gasteiger partial charge on any atom is 0.407 e. The van der Waals surface area contributed by atoms with E-state index in [2.05, 4.69) is 4.98 Å². The van der Waals surface area contributed by atoms with Crippen molar-refractivity contribution in [3.8, 4) is 0 Å². The molecule has 0 radical (unpaired) electrons. The van der Waals surface area contributed by atoms with Crippen molar-refractivity contribution in [3.05, 3.63) is 35.1 Å². The van der Waals surface area contributed by atoms with Gasteiger partial charge in [0.2, 0.25) is 0 Å². The minimum atomic E-state index is -1.06. The number of esters is 1. The van der Waals surface area contributed by atoms with Crippen LogP contribution in [-0.2, 0) is 9.53 Å². The number of rotatable bonds is 2. The van der Waals surface area contributed by atoms with Gasteiger partial charge in [-0.05, 0) is 32.9 Å². The summed E-state index contributed by atoms with van der Waals surface area (Å²) in [6.07, 6.45) is -0.0645. The van der Waals surface area contributed by atoms with E-state index >= 15 is 0 Å². The van der Waals surface area contributed by atoms with Crippen molar-refractivity contribution < 1.29 is 19.4 Å². The van der Waals surface area contributed by atoms with Crippen LogP contribution in [-0.4, -0.2) is 46.2 Å². The number of hydrogen-bond donors (Lipinski definition) is 1. The van der Waals surface area contributed by atoms with Crippen LogP contribution in [0, 0.1) is 5.41 Å². The molecule has 7 heteroatoms. The standard InChI is InChI=1S/C16H19ClN2O4/c1-16(2,3)14(20)23-12-9-19(15(21)22)8-7-10(12)11-5-4-6-13(17)18-11/h4-7,12H,8-9H2,1-3H3,(H,21,22)/t12-/m0/s1. The van der Waals surface area contributed by atoms with Crippen LogP contribution in [0.25, 0.3) is 5.57 Å². The largest absolute Gasteiger partial charge is 0.465 e. The SMILES string of the molecule is CC(C)(C)C(=O)O[C@H]1CN(C(=O)O)CC=C1c1cccc(Cl)n1. The van der Waals surface area contributed by atoms with E-state index in [1.807, 2.05) is 0 Å². The van der Waals surface area contributed by atoms with E-state index in [4.69, 9.17) is 16.3 Å². The lowest BCUT2D eigenvalue weighted by molar-refractivity contribution is -0.156. The summed E-state index contributed by atoms with van der Waals surface area (Å²) < 4.78 is 5.55. The smallest absolute Gasteiger partial charge is 0.407 e. The molecule has 1 aliphatic heterocycles. The average molecular weight is 339 g/mol. The van der Waals surface area contributed by atoms with Crippen LogP contribution in [0.2, 0.25) is 5.15 Å². The zero-order valence-corrected chi connectivity index (χ0v) is 14.0. The molecule has 0 saturated heterocycles. The van der Waals surface area contributed by atoms with Crippen LogP contribution >= 0.6 is 11.6 Å². The molecule has 2 heterocycles. The zero-order valence-electron chi connectivity index (χ0n) is 13.2. The second kappa shape index (κ2) is 6.58. The predicted octanol–water partition coefficient (Wildman–Crippen LogP) is 3.07. The van der Waals surface area contributed by atoms with Gasteiger partial charge in [0, 0.05) is 12.1 Å². The molecule has 1 N–H and O–H groups in total. The molecular weight excluding hydrogens is 320 g/mol. The van der Waals surface area contributed by atoms with Gasteiger partial charge in [0.1, 0.15) is 11.3 Å². The Morgan fingerprint density at radius 1 is 1.39 bits per heavy atom. The number of halogens is 1. The molecule has 0 unspecified atom stereocenters. The quantitative estimate of drug-likeness (QED) is 0.662. The highest BCUT2D eigenvalue weighted by Crippen LogP contribution is 2.27. The fourth-order valence-corrected chi connectivity index (χ4v) is 2.28. The Hall–Kier alpha value is -2.08. The zero-order chi connectivity index (χ0) is 17.2. The van der Waals surface area contributed by atoms with Gasteiger partial charge in [-0.25, -0.2) is 9.78 Å². The third-order valence-corrected chi connectivity index (χ3v) is 3.62. The Bertz CT molecular complexity index is 652. The average Bonchev–Trinajstić information content (AvgIpc) is 2.46. The van der Waals surface area contributed by atoms with Crippen LogP contribution in [0.1, 0.15) is 26.5 Å². The topological polar surface area (TPSA) is 79.7 Å². The van der Waals surface area contributed by atoms with Gasteiger partial charge < -0.3 is 14.7 Å². The summed E-state index contributed by atoms with van der Waals surface area (Å²) in [7, 11) is 0. The number of carboxylic acid groups (broad SMARTS) is 1. The number of carbonyl (C=O) groups is 2. The van der Waals surface area contributed by atoms with Crippen LogP contribution in [0.3, 0.4) is 0 Å². The van der Waals surface area contributed by atoms with Gasteiger partial charge in [0.25, 0.3) is 0 Å². The number of nitrogens with zero attached hydrogens (tertiary/aromatic N) is 2. The maximum atomic E-state index is 12.2. The molecule has 0 saturated carbocycles. The molecule has 0 spiro atoms. The lowest BCUT2D eigenvalue weighted by Gasteiger charge is -2.32. The van der Waals surface area contributed by atoms with Crippen molar-refractivity contribution >= 4 is 29.2 Å². The number of hydrogen-bond acceptors (Lipinski definition) is 4.